The van der Waals surface area contributed by atoms with E-state index >= 15 is 0 Å². The lowest BCUT2D eigenvalue weighted by Crippen LogP contribution is -2.15. The van der Waals surface area contributed by atoms with E-state index in [1.54, 1.807) is 31.3 Å². The highest BCUT2D eigenvalue weighted by Crippen LogP contribution is 2.29. The van der Waals surface area contributed by atoms with Crippen molar-refractivity contribution in [1.29, 1.82) is 0 Å². The second-order valence-corrected chi connectivity index (χ2v) is 5.95. The highest BCUT2D eigenvalue weighted by atomic mass is 19.4. The lowest BCUT2D eigenvalue weighted by molar-refractivity contribution is -0.137. The van der Waals surface area contributed by atoms with E-state index in [1.807, 2.05) is 6.92 Å². The van der Waals surface area contributed by atoms with E-state index in [-0.39, 0.29) is 11.5 Å². The van der Waals surface area contributed by atoms with Gasteiger partial charge in [0.15, 0.2) is 0 Å². The molecule has 0 aliphatic heterocycles. The van der Waals surface area contributed by atoms with E-state index in [2.05, 4.69) is 20.3 Å². The maximum Gasteiger partial charge on any atom is 0.417 e. The van der Waals surface area contributed by atoms with Gasteiger partial charge in [-0.25, -0.2) is 9.97 Å². The van der Waals surface area contributed by atoms with Crippen LogP contribution in [-0.2, 0) is 6.18 Å². The number of carbonyl (C=O) groups excluding carboxylic acids is 1. The van der Waals surface area contributed by atoms with Crippen molar-refractivity contribution in [3.8, 4) is 11.5 Å². The van der Waals surface area contributed by atoms with E-state index in [0.717, 1.165) is 17.8 Å². The van der Waals surface area contributed by atoms with E-state index in [1.165, 1.54) is 6.07 Å². The van der Waals surface area contributed by atoms with Gasteiger partial charge in [-0.2, -0.15) is 13.2 Å². The van der Waals surface area contributed by atoms with Crippen LogP contribution in [0, 0.1) is 13.8 Å². The van der Waals surface area contributed by atoms with Crippen molar-refractivity contribution in [2.45, 2.75) is 20.0 Å². The lowest BCUT2D eigenvalue weighted by atomic mass is 10.2. The van der Waals surface area contributed by atoms with E-state index < -0.39 is 17.6 Å². The van der Waals surface area contributed by atoms with Gasteiger partial charge in [0.25, 0.3) is 5.91 Å². The zero-order valence-corrected chi connectivity index (χ0v) is 14.9. The Morgan fingerprint density at radius 2 is 1.75 bits per heavy atom. The van der Waals surface area contributed by atoms with Gasteiger partial charge in [0, 0.05) is 29.7 Å². The molecular weight excluding hydrogens is 373 g/mol. The number of rotatable bonds is 4. The fourth-order valence-electron chi connectivity index (χ4n) is 2.28. The summed E-state index contributed by atoms with van der Waals surface area (Å²) in [5, 5.41) is 2.41. The number of nitrogens with one attached hydrogen (secondary N) is 1. The van der Waals surface area contributed by atoms with Gasteiger partial charge in [0.2, 0.25) is 0 Å². The molecule has 0 aromatic carbocycles. The fourth-order valence-corrected chi connectivity index (χ4v) is 2.28. The first-order valence-corrected chi connectivity index (χ1v) is 8.14. The molecule has 28 heavy (non-hydrogen) atoms. The number of nitrogens with zero attached hydrogens (tertiary/aromatic N) is 3. The largest absolute Gasteiger partial charge is 0.456 e. The van der Waals surface area contributed by atoms with E-state index in [9.17, 15) is 18.0 Å². The number of carbonyl (C=O) groups is 1. The van der Waals surface area contributed by atoms with Gasteiger partial charge in [0.05, 0.1) is 11.8 Å². The van der Waals surface area contributed by atoms with Gasteiger partial charge in [0.1, 0.15) is 23.0 Å². The third-order valence-electron chi connectivity index (χ3n) is 3.61. The first-order chi connectivity index (χ1) is 13.2. The van der Waals surface area contributed by atoms with Crippen LogP contribution in [0.5, 0.6) is 11.5 Å². The molecule has 0 unspecified atom stereocenters. The topological polar surface area (TPSA) is 77.0 Å². The number of alkyl halides is 3. The minimum absolute atomic E-state index is 0.0218. The molecule has 1 N–H and O–H groups in total. The van der Waals surface area contributed by atoms with Crippen molar-refractivity contribution in [2.75, 3.05) is 5.32 Å². The minimum Gasteiger partial charge on any atom is -0.456 e. The predicted molar refractivity (Wildman–Crippen MR) is 95.2 cm³/mol. The van der Waals surface area contributed by atoms with Crippen molar-refractivity contribution in [1.82, 2.24) is 15.0 Å². The number of aryl methyl sites for hydroxylation is 2. The number of pyridine rings is 3. The Labute approximate surface area is 158 Å². The number of halogens is 3. The van der Waals surface area contributed by atoms with Gasteiger partial charge in [-0.3, -0.25) is 9.78 Å². The molecule has 144 valence electrons. The molecule has 6 nitrogen and oxygen atoms in total. The number of hydrogen-bond acceptors (Lipinski definition) is 5. The minimum atomic E-state index is -4.50. The molecule has 0 saturated carbocycles. The van der Waals surface area contributed by atoms with Crippen LogP contribution in [0.15, 0.2) is 48.8 Å². The molecular formula is C19H15F3N4O2. The van der Waals surface area contributed by atoms with Gasteiger partial charge in [-0.1, -0.05) is 0 Å². The van der Waals surface area contributed by atoms with Gasteiger partial charge < -0.3 is 10.1 Å². The van der Waals surface area contributed by atoms with Crippen molar-refractivity contribution in [3.05, 3.63) is 71.4 Å². The third kappa shape index (κ3) is 4.81. The van der Waals surface area contributed by atoms with Crippen LogP contribution in [0.1, 0.15) is 27.4 Å². The van der Waals surface area contributed by atoms with Crippen molar-refractivity contribution in [2.24, 2.45) is 0 Å². The molecule has 0 bridgehead atoms. The monoisotopic (exact) mass is 388 g/mol. The quantitative estimate of drug-likeness (QED) is 0.709. The van der Waals surface area contributed by atoms with Crippen LogP contribution >= 0.6 is 0 Å². The summed E-state index contributed by atoms with van der Waals surface area (Å²) in [6.07, 6.45) is -2.29. The SMILES string of the molecule is Cc1ccc(Oc2cc(C)nc(C(=O)Nc3ccc(C(F)(F)F)cn3)c2)cn1. The van der Waals surface area contributed by atoms with Gasteiger partial charge in [-0.05, 0) is 38.1 Å². The summed E-state index contributed by atoms with van der Waals surface area (Å²) < 4.78 is 43.4. The van der Waals surface area contributed by atoms with Crippen LogP contribution in [-0.4, -0.2) is 20.9 Å². The maximum atomic E-state index is 12.6. The Bertz CT molecular complexity index is 988. The van der Waals surface area contributed by atoms with Crippen LogP contribution in [0.2, 0.25) is 0 Å². The first-order valence-electron chi connectivity index (χ1n) is 8.14. The molecule has 0 atom stereocenters. The molecule has 0 fully saturated rings. The molecule has 0 spiro atoms. The summed E-state index contributed by atoms with van der Waals surface area (Å²) >= 11 is 0. The Morgan fingerprint density at radius 1 is 0.964 bits per heavy atom. The summed E-state index contributed by atoms with van der Waals surface area (Å²) in [5.74, 6) is 0.227. The molecule has 3 rings (SSSR count). The lowest BCUT2D eigenvalue weighted by Gasteiger charge is -2.10. The molecule has 3 aromatic heterocycles. The number of amides is 1. The Balaban J connectivity index is 1.76. The van der Waals surface area contributed by atoms with Gasteiger partial charge in [-0.15, -0.1) is 0 Å². The summed E-state index contributed by atoms with van der Waals surface area (Å²) in [4.78, 5) is 24.3. The second kappa shape index (κ2) is 7.63. The molecule has 0 aliphatic rings. The number of hydrogen-bond donors (Lipinski definition) is 1. The summed E-state index contributed by atoms with van der Waals surface area (Å²) in [6.45, 7) is 3.53. The molecule has 3 aromatic rings. The van der Waals surface area contributed by atoms with Crippen molar-refractivity contribution < 1.29 is 22.7 Å². The number of anilines is 1. The Hall–Kier alpha value is -3.49. The molecule has 0 radical (unpaired) electrons. The second-order valence-electron chi connectivity index (χ2n) is 5.95. The van der Waals surface area contributed by atoms with E-state index in [0.29, 0.717) is 23.4 Å². The normalized spacial score (nSPS) is 11.2. The zero-order valence-electron chi connectivity index (χ0n) is 14.9. The zero-order chi connectivity index (χ0) is 20.3. The summed E-state index contributed by atoms with van der Waals surface area (Å²) in [7, 11) is 0. The van der Waals surface area contributed by atoms with Gasteiger partial charge >= 0.3 is 6.18 Å². The summed E-state index contributed by atoms with van der Waals surface area (Å²) in [5.41, 5.74) is 0.504. The van der Waals surface area contributed by atoms with E-state index in [4.69, 9.17) is 4.74 Å². The van der Waals surface area contributed by atoms with Crippen LogP contribution < -0.4 is 10.1 Å². The van der Waals surface area contributed by atoms with Crippen molar-refractivity contribution >= 4 is 11.7 Å². The predicted octanol–water partition coefficient (Wildman–Crippen LogP) is 4.55. The standard InChI is InChI=1S/C19H15F3N4O2/c1-11-3-5-14(10-23-11)28-15-7-12(2)25-16(8-15)18(27)26-17-6-4-13(9-24-17)19(20,21)22/h3-10H,1-2H3,(H,24,26,27). The number of aromatic nitrogens is 3. The Morgan fingerprint density at radius 3 is 2.36 bits per heavy atom. The Kier molecular flexibility index (Phi) is 5.25. The third-order valence-corrected chi connectivity index (χ3v) is 3.61. The molecule has 9 heteroatoms. The molecule has 1 amide bonds. The van der Waals surface area contributed by atoms with Crippen LogP contribution in [0.4, 0.5) is 19.0 Å². The first kappa shape index (κ1) is 19.3. The average molecular weight is 388 g/mol. The molecule has 3 heterocycles. The van der Waals surface area contributed by atoms with Crippen molar-refractivity contribution in [3.63, 3.8) is 0 Å². The highest BCUT2D eigenvalue weighted by Gasteiger charge is 2.30. The summed E-state index contributed by atoms with van der Waals surface area (Å²) in [6, 6.07) is 8.51. The highest BCUT2D eigenvalue weighted by molar-refractivity contribution is 6.02. The molecule has 0 saturated heterocycles. The smallest absolute Gasteiger partial charge is 0.417 e. The maximum absolute atomic E-state index is 12.6. The molecule has 0 aliphatic carbocycles. The van der Waals surface area contributed by atoms with Crippen LogP contribution in [0.25, 0.3) is 0 Å². The average Bonchev–Trinajstić information content (AvgIpc) is 2.63. The van der Waals surface area contributed by atoms with Crippen LogP contribution in [0.3, 0.4) is 0 Å². The fraction of sp³-hybridized carbons (Fsp3) is 0.158. The number of ether oxygens (including phenoxy) is 1.